The number of allylic oxidation sites excluding steroid dienone is 2. The maximum Gasteiger partial charge on any atom is 0.260 e. The maximum atomic E-state index is 13.1. The molecule has 2 aliphatic carbocycles. The molecule has 0 aliphatic heterocycles. The predicted octanol–water partition coefficient (Wildman–Crippen LogP) is 3.12. The average Bonchev–Trinajstić information content (AvgIpc) is 3.23. The highest BCUT2D eigenvalue weighted by molar-refractivity contribution is 5.96. The summed E-state index contributed by atoms with van der Waals surface area (Å²) in [5.74, 6) is 1.29. The molecule has 4 heteroatoms. The van der Waals surface area contributed by atoms with Crippen molar-refractivity contribution in [3.05, 3.63) is 77.3 Å². The Balaban J connectivity index is 1.71. The number of carbonyl (C=O) groups excluding carboxylic acids is 1. The summed E-state index contributed by atoms with van der Waals surface area (Å²) in [5.41, 5.74) is 1.38. The van der Waals surface area contributed by atoms with E-state index in [1.807, 2.05) is 24.3 Å². The van der Waals surface area contributed by atoms with E-state index in [1.54, 1.807) is 25.3 Å². The number of pyridine rings is 1. The topological polar surface area (TPSA) is 53.2 Å². The molecule has 2 bridgehead atoms. The molecule has 1 aromatic carbocycles. The van der Waals surface area contributed by atoms with Gasteiger partial charge in [0.15, 0.2) is 6.20 Å². The maximum absolute atomic E-state index is 13.1. The fraction of sp³-hybridized carbons (Fsp3) is 0.300. The number of rotatable bonds is 4. The van der Waals surface area contributed by atoms with Gasteiger partial charge in [-0.3, -0.25) is 4.79 Å². The van der Waals surface area contributed by atoms with Gasteiger partial charge in [-0.1, -0.05) is 24.3 Å². The molecule has 0 radical (unpaired) electrons. The third-order valence-corrected chi connectivity index (χ3v) is 5.34. The number of aromatic nitrogens is 1. The summed E-state index contributed by atoms with van der Waals surface area (Å²) in [6.07, 6.45) is 6.74. The van der Waals surface area contributed by atoms with Crippen LogP contribution in [0.25, 0.3) is 0 Å². The Morgan fingerprint density at radius 3 is 2.58 bits per heavy atom. The van der Waals surface area contributed by atoms with Crippen LogP contribution in [0, 0.1) is 23.0 Å². The molecule has 4 rings (SSSR count). The van der Waals surface area contributed by atoms with E-state index in [-0.39, 0.29) is 29.2 Å². The van der Waals surface area contributed by atoms with Gasteiger partial charge in [0.1, 0.15) is 5.75 Å². The van der Waals surface area contributed by atoms with E-state index in [2.05, 4.69) is 12.2 Å². The van der Waals surface area contributed by atoms with Crippen LogP contribution in [-0.4, -0.2) is 12.9 Å². The van der Waals surface area contributed by atoms with Crippen molar-refractivity contribution in [3.63, 3.8) is 0 Å². The first-order chi connectivity index (χ1) is 11.7. The van der Waals surface area contributed by atoms with Gasteiger partial charge in [0.2, 0.25) is 5.78 Å². The third kappa shape index (κ3) is 2.30. The number of Topliss-reactive ketones (excluding diaryl/α,β-unsaturated/α-hetero) is 1. The first-order valence-corrected chi connectivity index (χ1v) is 8.23. The molecule has 0 spiro atoms. The van der Waals surface area contributed by atoms with Crippen LogP contribution < -0.4 is 9.47 Å². The Bertz CT molecular complexity index is 797. The minimum atomic E-state index is -0.170. The van der Waals surface area contributed by atoms with E-state index in [0.717, 1.165) is 17.7 Å². The number of methoxy groups -OCH3 is 1. The zero-order valence-electron chi connectivity index (χ0n) is 13.5. The summed E-state index contributed by atoms with van der Waals surface area (Å²) in [6, 6.07) is 12.9. The monoisotopic (exact) mass is 321 g/mol. The number of carbonyl (C=O) groups is 1. The number of hydrogen-bond acceptors (Lipinski definition) is 3. The first-order valence-electron chi connectivity index (χ1n) is 8.23. The van der Waals surface area contributed by atoms with Gasteiger partial charge in [0.25, 0.3) is 5.69 Å². The van der Waals surface area contributed by atoms with Gasteiger partial charge < -0.3 is 9.94 Å². The zero-order chi connectivity index (χ0) is 16.7. The molecule has 2 aromatic rings. The second-order valence-corrected chi connectivity index (χ2v) is 6.55. The van der Waals surface area contributed by atoms with Crippen molar-refractivity contribution in [1.29, 1.82) is 0 Å². The number of fused-ring (bicyclic) bond motifs is 2. The Kier molecular flexibility index (Phi) is 3.60. The largest absolute Gasteiger partial charge is 0.618 e. The third-order valence-electron chi connectivity index (χ3n) is 5.34. The van der Waals surface area contributed by atoms with Gasteiger partial charge in [-0.2, -0.15) is 4.73 Å². The predicted molar refractivity (Wildman–Crippen MR) is 89.7 cm³/mol. The molecule has 1 fully saturated rings. The number of benzene rings is 1. The van der Waals surface area contributed by atoms with Crippen molar-refractivity contribution >= 4 is 5.78 Å². The lowest BCUT2D eigenvalue weighted by Gasteiger charge is -2.27. The Morgan fingerprint density at radius 2 is 1.88 bits per heavy atom. The minimum absolute atomic E-state index is 0.0525. The highest BCUT2D eigenvalue weighted by atomic mass is 16.5. The van der Waals surface area contributed by atoms with E-state index < -0.39 is 0 Å². The summed E-state index contributed by atoms with van der Waals surface area (Å²) in [5, 5.41) is 12.0. The van der Waals surface area contributed by atoms with Crippen molar-refractivity contribution in [2.24, 2.45) is 17.8 Å². The van der Waals surface area contributed by atoms with E-state index in [0.29, 0.717) is 10.6 Å². The molecular formula is C20H19NO3. The molecule has 0 saturated heterocycles. The fourth-order valence-corrected chi connectivity index (χ4v) is 4.25. The molecular weight excluding hydrogens is 302 g/mol. The van der Waals surface area contributed by atoms with Gasteiger partial charge in [-0.15, -0.1) is 0 Å². The van der Waals surface area contributed by atoms with Crippen molar-refractivity contribution in [1.82, 2.24) is 0 Å². The summed E-state index contributed by atoms with van der Waals surface area (Å²) in [6.45, 7) is 0. The van der Waals surface area contributed by atoms with Crippen LogP contribution in [0.1, 0.15) is 28.4 Å². The quantitative estimate of drug-likeness (QED) is 0.376. The summed E-state index contributed by atoms with van der Waals surface area (Å²) in [4.78, 5) is 13.1. The smallest absolute Gasteiger partial charge is 0.260 e. The summed E-state index contributed by atoms with van der Waals surface area (Å²) in [7, 11) is 1.64. The molecule has 1 heterocycles. The molecule has 0 unspecified atom stereocenters. The van der Waals surface area contributed by atoms with Crippen molar-refractivity contribution in [2.75, 3.05) is 7.11 Å². The normalized spacial score (nSPS) is 27.4. The Labute approximate surface area is 141 Å². The standard InChI is InChI=1S/C20H19NO3/c1-24-16-9-7-13(8-10-16)18-14-5-6-15(12-14)19(18)20(22)17-4-2-3-11-21(17)23/h2-11,14-15,18-19H,12H2,1H3/t14-,15+,18+,19+/m0/s1. The average molecular weight is 321 g/mol. The molecule has 0 amide bonds. The van der Waals surface area contributed by atoms with Gasteiger partial charge in [0.05, 0.1) is 7.11 Å². The van der Waals surface area contributed by atoms with Gasteiger partial charge in [0, 0.05) is 24.0 Å². The molecule has 24 heavy (non-hydrogen) atoms. The van der Waals surface area contributed by atoms with Crippen molar-refractivity contribution < 1.29 is 14.3 Å². The molecule has 1 saturated carbocycles. The summed E-state index contributed by atoms with van der Waals surface area (Å²) >= 11 is 0. The Morgan fingerprint density at radius 1 is 1.12 bits per heavy atom. The number of ether oxygens (including phenoxy) is 1. The highest BCUT2D eigenvalue weighted by Crippen LogP contribution is 2.53. The van der Waals surface area contributed by atoms with Crippen molar-refractivity contribution in [2.45, 2.75) is 12.3 Å². The number of nitrogens with zero attached hydrogens (tertiary/aromatic N) is 1. The first kappa shape index (κ1) is 14.9. The van der Waals surface area contributed by atoms with Crippen LogP contribution in [-0.2, 0) is 0 Å². The van der Waals surface area contributed by atoms with E-state index in [4.69, 9.17) is 4.74 Å². The summed E-state index contributed by atoms with van der Waals surface area (Å²) < 4.78 is 5.91. The van der Waals surface area contributed by atoms with Gasteiger partial charge in [-0.05, 0) is 42.0 Å². The number of ketones is 1. The minimum Gasteiger partial charge on any atom is -0.618 e. The van der Waals surface area contributed by atoms with E-state index in [9.17, 15) is 10.0 Å². The second kappa shape index (κ2) is 5.78. The van der Waals surface area contributed by atoms with Crippen LogP contribution in [0.5, 0.6) is 5.75 Å². The van der Waals surface area contributed by atoms with E-state index >= 15 is 0 Å². The SMILES string of the molecule is COc1ccc([C@H]2[C@H](C(=O)c3cccc[n+]3[O-])[C@@H]3C=C[C@H]2C3)cc1. The molecule has 122 valence electrons. The zero-order valence-corrected chi connectivity index (χ0v) is 13.5. The molecule has 2 aliphatic rings. The lowest BCUT2D eigenvalue weighted by Crippen LogP contribution is -2.38. The lowest BCUT2D eigenvalue weighted by molar-refractivity contribution is -0.607. The molecule has 1 aromatic heterocycles. The van der Waals surface area contributed by atoms with Crippen LogP contribution in [0.2, 0.25) is 0 Å². The molecule has 4 nitrogen and oxygen atoms in total. The molecule has 4 atom stereocenters. The van der Waals surface area contributed by atoms with Gasteiger partial charge >= 0.3 is 0 Å². The van der Waals surface area contributed by atoms with Gasteiger partial charge in [-0.25, -0.2) is 0 Å². The fourth-order valence-electron chi connectivity index (χ4n) is 4.25. The van der Waals surface area contributed by atoms with E-state index in [1.165, 1.54) is 6.20 Å². The Hall–Kier alpha value is -2.62. The van der Waals surface area contributed by atoms with Crippen molar-refractivity contribution in [3.8, 4) is 5.75 Å². The highest BCUT2D eigenvalue weighted by Gasteiger charge is 2.50. The van der Waals surface area contributed by atoms with Crippen LogP contribution >= 0.6 is 0 Å². The van der Waals surface area contributed by atoms with Crippen LogP contribution in [0.4, 0.5) is 0 Å². The van der Waals surface area contributed by atoms with Crippen LogP contribution in [0.3, 0.4) is 0 Å². The van der Waals surface area contributed by atoms with Crippen LogP contribution in [0.15, 0.2) is 60.8 Å². The second-order valence-electron chi connectivity index (χ2n) is 6.55. The number of hydrogen-bond donors (Lipinski definition) is 0. The lowest BCUT2D eigenvalue weighted by atomic mass is 9.75. The molecule has 0 N–H and O–H groups in total.